The van der Waals surface area contributed by atoms with Gasteiger partial charge in [0.2, 0.25) is 0 Å². The molecule has 0 N–H and O–H groups in total. The van der Waals surface area contributed by atoms with Crippen molar-refractivity contribution in [2.75, 3.05) is 17.3 Å². The Balaban J connectivity index is 2.76. The normalized spacial score (nSPS) is 10.5. The second kappa shape index (κ2) is 5.13. The van der Waals surface area contributed by atoms with E-state index in [9.17, 15) is 0 Å². The third-order valence-electron chi connectivity index (χ3n) is 2.04. The zero-order valence-electron chi connectivity index (χ0n) is 8.20. The van der Waals surface area contributed by atoms with Gasteiger partial charge in [-0.15, -0.1) is 11.6 Å². The summed E-state index contributed by atoms with van der Waals surface area (Å²) in [6.45, 7) is 5.27. The summed E-state index contributed by atoms with van der Waals surface area (Å²) >= 11 is 5.75. The van der Waals surface area contributed by atoms with Crippen molar-refractivity contribution in [2.24, 2.45) is 0 Å². The molecule has 0 heterocycles. The number of anilines is 1. The van der Waals surface area contributed by atoms with E-state index in [0.717, 1.165) is 6.54 Å². The molecule has 72 valence electrons. The van der Waals surface area contributed by atoms with Gasteiger partial charge in [-0.3, -0.25) is 0 Å². The smallest absolute Gasteiger partial charge is 0.0399 e. The molecule has 1 aromatic carbocycles. The van der Waals surface area contributed by atoms with Gasteiger partial charge in [-0.2, -0.15) is 0 Å². The summed E-state index contributed by atoms with van der Waals surface area (Å²) in [6.07, 6.45) is 0. The number of para-hydroxylation sites is 1. The van der Waals surface area contributed by atoms with Gasteiger partial charge in [0.15, 0.2) is 0 Å². The van der Waals surface area contributed by atoms with E-state index in [1.54, 1.807) is 0 Å². The summed E-state index contributed by atoms with van der Waals surface area (Å²) in [5.41, 5.74) is 1.25. The van der Waals surface area contributed by atoms with Crippen molar-refractivity contribution in [3.05, 3.63) is 30.3 Å². The monoisotopic (exact) mass is 197 g/mol. The first-order chi connectivity index (χ1) is 6.25. The minimum atomic E-state index is 0.501. The number of rotatable bonds is 4. The molecule has 0 spiro atoms. The van der Waals surface area contributed by atoms with E-state index in [0.29, 0.717) is 11.9 Å². The van der Waals surface area contributed by atoms with Crippen molar-refractivity contribution in [3.63, 3.8) is 0 Å². The summed E-state index contributed by atoms with van der Waals surface area (Å²) in [5.74, 6) is 0.674. The molecule has 0 aliphatic carbocycles. The van der Waals surface area contributed by atoms with Crippen LogP contribution in [0.15, 0.2) is 30.3 Å². The maximum absolute atomic E-state index is 5.75. The molecule has 0 bridgehead atoms. The molecule has 1 rings (SSSR count). The molecule has 0 fully saturated rings. The lowest BCUT2D eigenvalue weighted by Gasteiger charge is -2.28. The molecule has 1 nitrogen and oxygen atoms in total. The van der Waals surface area contributed by atoms with Crippen LogP contribution in [-0.2, 0) is 0 Å². The number of hydrogen-bond donors (Lipinski definition) is 0. The highest BCUT2D eigenvalue weighted by Gasteiger charge is 2.08. The second-order valence-corrected chi connectivity index (χ2v) is 3.69. The predicted molar refractivity (Wildman–Crippen MR) is 59.6 cm³/mol. The third-order valence-corrected chi connectivity index (χ3v) is 2.21. The largest absolute Gasteiger partial charge is 0.368 e. The van der Waals surface area contributed by atoms with Gasteiger partial charge < -0.3 is 4.90 Å². The van der Waals surface area contributed by atoms with Crippen molar-refractivity contribution in [3.8, 4) is 0 Å². The number of benzene rings is 1. The highest BCUT2D eigenvalue weighted by atomic mass is 35.5. The fourth-order valence-corrected chi connectivity index (χ4v) is 1.58. The fourth-order valence-electron chi connectivity index (χ4n) is 1.40. The second-order valence-electron chi connectivity index (χ2n) is 3.31. The van der Waals surface area contributed by atoms with Gasteiger partial charge in [0.05, 0.1) is 0 Å². The van der Waals surface area contributed by atoms with Crippen LogP contribution >= 0.6 is 11.6 Å². The fraction of sp³-hybridized carbons (Fsp3) is 0.455. The predicted octanol–water partition coefficient (Wildman–Crippen LogP) is 3.14. The van der Waals surface area contributed by atoms with Crippen LogP contribution in [0.25, 0.3) is 0 Å². The molecule has 0 saturated heterocycles. The van der Waals surface area contributed by atoms with Crippen molar-refractivity contribution in [1.29, 1.82) is 0 Å². The molecular weight excluding hydrogens is 182 g/mol. The Bertz CT molecular complexity index is 233. The Kier molecular flexibility index (Phi) is 4.10. The van der Waals surface area contributed by atoms with Crippen molar-refractivity contribution < 1.29 is 0 Å². The molecule has 0 unspecified atom stereocenters. The van der Waals surface area contributed by atoms with Crippen LogP contribution in [0.2, 0.25) is 0 Å². The number of halogens is 1. The van der Waals surface area contributed by atoms with E-state index in [2.05, 4.69) is 43.0 Å². The Morgan fingerprint density at radius 2 is 1.85 bits per heavy atom. The van der Waals surface area contributed by atoms with Crippen molar-refractivity contribution >= 4 is 17.3 Å². The maximum Gasteiger partial charge on any atom is 0.0399 e. The maximum atomic E-state index is 5.75. The molecule has 0 radical (unpaired) electrons. The molecule has 0 aliphatic heterocycles. The average Bonchev–Trinajstić information content (AvgIpc) is 2.15. The lowest BCUT2D eigenvalue weighted by atomic mass is 10.2. The third kappa shape index (κ3) is 2.92. The Hall–Kier alpha value is -0.690. The molecule has 0 saturated carbocycles. The molecule has 0 atom stereocenters. The van der Waals surface area contributed by atoms with Crippen LogP contribution in [0.3, 0.4) is 0 Å². The molecule has 0 aromatic heterocycles. The summed E-state index contributed by atoms with van der Waals surface area (Å²) in [7, 11) is 0. The zero-order valence-corrected chi connectivity index (χ0v) is 8.96. The van der Waals surface area contributed by atoms with Gasteiger partial charge in [0.1, 0.15) is 0 Å². The standard InChI is InChI=1S/C11H16ClN/c1-10(2)13(9-8-12)11-6-4-3-5-7-11/h3-7,10H,8-9H2,1-2H3. The molecule has 0 aliphatic rings. The summed E-state index contributed by atoms with van der Waals surface area (Å²) in [6, 6.07) is 10.9. The van der Waals surface area contributed by atoms with E-state index >= 15 is 0 Å². The molecular formula is C11H16ClN. The van der Waals surface area contributed by atoms with Crippen LogP contribution in [0.4, 0.5) is 5.69 Å². The lowest BCUT2D eigenvalue weighted by Crippen LogP contribution is -2.32. The van der Waals surface area contributed by atoms with Gasteiger partial charge in [-0.25, -0.2) is 0 Å². The number of hydrogen-bond acceptors (Lipinski definition) is 1. The van der Waals surface area contributed by atoms with E-state index in [4.69, 9.17) is 11.6 Å². The van der Waals surface area contributed by atoms with Gasteiger partial charge >= 0.3 is 0 Å². The van der Waals surface area contributed by atoms with Crippen LogP contribution in [0.1, 0.15) is 13.8 Å². The van der Waals surface area contributed by atoms with Gasteiger partial charge in [-0.05, 0) is 26.0 Å². The van der Waals surface area contributed by atoms with Gasteiger partial charge in [0, 0.05) is 24.2 Å². The Morgan fingerprint density at radius 3 is 2.31 bits per heavy atom. The minimum Gasteiger partial charge on any atom is -0.368 e. The minimum absolute atomic E-state index is 0.501. The first kappa shape index (κ1) is 10.4. The van der Waals surface area contributed by atoms with E-state index in [-0.39, 0.29) is 0 Å². The summed E-state index contributed by atoms with van der Waals surface area (Å²) in [5, 5.41) is 0. The summed E-state index contributed by atoms with van der Waals surface area (Å²) < 4.78 is 0. The highest BCUT2D eigenvalue weighted by Crippen LogP contribution is 2.15. The lowest BCUT2D eigenvalue weighted by molar-refractivity contribution is 0.706. The number of alkyl halides is 1. The topological polar surface area (TPSA) is 3.24 Å². The van der Waals surface area contributed by atoms with Gasteiger partial charge in [-0.1, -0.05) is 18.2 Å². The SMILES string of the molecule is CC(C)N(CCCl)c1ccccc1. The first-order valence-corrected chi connectivity index (χ1v) is 5.17. The van der Waals surface area contributed by atoms with Crippen LogP contribution < -0.4 is 4.90 Å². The average molecular weight is 198 g/mol. The highest BCUT2D eigenvalue weighted by molar-refractivity contribution is 6.18. The van der Waals surface area contributed by atoms with E-state index < -0.39 is 0 Å². The molecule has 0 amide bonds. The van der Waals surface area contributed by atoms with E-state index in [1.807, 2.05) is 6.07 Å². The number of nitrogens with zero attached hydrogens (tertiary/aromatic N) is 1. The molecule has 13 heavy (non-hydrogen) atoms. The zero-order chi connectivity index (χ0) is 9.68. The Morgan fingerprint density at radius 1 is 1.23 bits per heavy atom. The van der Waals surface area contributed by atoms with Crippen LogP contribution in [0, 0.1) is 0 Å². The first-order valence-electron chi connectivity index (χ1n) is 4.63. The van der Waals surface area contributed by atoms with Crippen molar-refractivity contribution in [1.82, 2.24) is 0 Å². The molecule has 1 aromatic rings. The van der Waals surface area contributed by atoms with E-state index in [1.165, 1.54) is 5.69 Å². The van der Waals surface area contributed by atoms with Crippen LogP contribution in [0.5, 0.6) is 0 Å². The summed E-state index contributed by atoms with van der Waals surface area (Å²) in [4.78, 5) is 2.30. The quantitative estimate of drug-likeness (QED) is 0.671. The van der Waals surface area contributed by atoms with Gasteiger partial charge in [0.25, 0.3) is 0 Å². The Labute approximate surface area is 85.3 Å². The van der Waals surface area contributed by atoms with Crippen LogP contribution in [-0.4, -0.2) is 18.5 Å². The molecule has 2 heteroatoms. The van der Waals surface area contributed by atoms with Crippen molar-refractivity contribution in [2.45, 2.75) is 19.9 Å².